The Morgan fingerprint density at radius 1 is 1.12 bits per heavy atom. The summed E-state index contributed by atoms with van der Waals surface area (Å²) in [5.74, 6) is -12.6. The lowest BCUT2D eigenvalue weighted by atomic mass is 9.47. The molecule has 1 N–H and O–H groups in total. The van der Waals surface area contributed by atoms with Crippen molar-refractivity contribution in [1.29, 1.82) is 0 Å². The van der Waals surface area contributed by atoms with E-state index in [1.165, 1.54) is 0 Å². The van der Waals surface area contributed by atoms with Crippen LogP contribution in [0.3, 0.4) is 0 Å². The molecule has 0 radical (unpaired) electrons. The summed E-state index contributed by atoms with van der Waals surface area (Å²) in [7, 11) is 0. The van der Waals surface area contributed by atoms with E-state index in [2.05, 4.69) is 4.74 Å². The SMILES string of the molecule is CCC(C)C(=O)OCC1(C)OC(C23CC4CC(CC(C4)C2)C3)C(F)(F)C(O)(C(F)(F)F)O1. The Morgan fingerprint density at radius 3 is 2.06 bits per heavy atom. The van der Waals surface area contributed by atoms with Gasteiger partial charge in [-0.25, -0.2) is 0 Å². The van der Waals surface area contributed by atoms with E-state index in [1.807, 2.05) is 0 Å². The fraction of sp³-hybridized carbons (Fsp3) is 0.955. The average Bonchev–Trinajstić information content (AvgIpc) is 2.66. The van der Waals surface area contributed by atoms with Crippen molar-refractivity contribution in [1.82, 2.24) is 0 Å². The standard InChI is InChI=1S/C22H31F5O5/c1-4-12(2)16(28)30-11-18(3)31-17(20(23,24)21(29,32-18)22(25,26)27)19-8-13-5-14(9-19)7-15(6-13)10-19/h12-15,17,29H,4-11H2,1-3H3. The molecule has 4 aliphatic carbocycles. The highest BCUT2D eigenvalue weighted by atomic mass is 19.4. The van der Waals surface area contributed by atoms with E-state index in [0.29, 0.717) is 25.7 Å². The quantitative estimate of drug-likeness (QED) is 0.462. The molecule has 4 saturated carbocycles. The number of alkyl halides is 5. The van der Waals surface area contributed by atoms with Gasteiger partial charge in [0.1, 0.15) is 12.7 Å². The highest BCUT2D eigenvalue weighted by molar-refractivity contribution is 5.71. The number of carbonyl (C=O) groups excluding carboxylic acids is 1. The number of halogens is 5. The van der Waals surface area contributed by atoms with Crippen molar-refractivity contribution in [3.05, 3.63) is 0 Å². The lowest BCUT2D eigenvalue weighted by Gasteiger charge is -2.63. The van der Waals surface area contributed by atoms with Crippen LogP contribution in [0.4, 0.5) is 22.0 Å². The molecule has 1 heterocycles. The minimum Gasteiger partial charge on any atom is -0.460 e. The number of aliphatic hydroxyl groups is 1. The van der Waals surface area contributed by atoms with Gasteiger partial charge < -0.3 is 19.3 Å². The Bertz CT molecular complexity index is 718. The van der Waals surface area contributed by atoms with E-state index in [-0.39, 0.29) is 17.8 Å². The van der Waals surface area contributed by atoms with Crippen molar-refractivity contribution in [3.8, 4) is 0 Å². The van der Waals surface area contributed by atoms with Gasteiger partial charge in [-0.3, -0.25) is 4.79 Å². The summed E-state index contributed by atoms with van der Waals surface area (Å²) in [6.45, 7) is 3.48. The second-order valence-corrected chi connectivity index (χ2v) is 10.7. The molecule has 0 aromatic rings. The molecule has 0 amide bonds. The first kappa shape index (κ1) is 24.1. The maximum absolute atomic E-state index is 15.5. The van der Waals surface area contributed by atoms with Crippen LogP contribution in [-0.4, -0.2) is 47.5 Å². The Morgan fingerprint density at radius 2 is 1.62 bits per heavy atom. The molecule has 32 heavy (non-hydrogen) atoms. The molecule has 5 nitrogen and oxygen atoms in total. The smallest absolute Gasteiger partial charge is 0.449 e. The monoisotopic (exact) mass is 470 g/mol. The van der Waals surface area contributed by atoms with E-state index < -0.39 is 53.7 Å². The highest BCUT2D eigenvalue weighted by Gasteiger charge is 2.81. The third-order valence-corrected chi connectivity index (χ3v) is 8.03. The Hall–Kier alpha value is -1.00. The summed E-state index contributed by atoms with van der Waals surface area (Å²) in [6, 6.07) is 0. The molecule has 184 valence electrons. The zero-order chi connectivity index (χ0) is 23.7. The predicted octanol–water partition coefficient (Wildman–Crippen LogP) is 4.81. The third kappa shape index (κ3) is 3.64. The normalized spacial score (nSPS) is 46.2. The number of rotatable bonds is 5. The van der Waals surface area contributed by atoms with Crippen molar-refractivity contribution in [2.75, 3.05) is 6.61 Å². The number of hydrogen-bond donors (Lipinski definition) is 1. The molecule has 5 rings (SSSR count). The molecule has 0 spiro atoms. The van der Waals surface area contributed by atoms with Gasteiger partial charge in [-0.15, -0.1) is 0 Å². The summed E-state index contributed by atoms with van der Waals surface area (Å²) in [5.41, 5.74) is -1.19. The molecule has 4 unspecified atom stereocenters. The fourth-order valence-corrected chi connectivity index (χ4v) is 6.74. The third-order valence-electron chi connectivity index (χ3n) is 8.03. The van der Waals surface area contributed by atoms with Gasteiger partial charge in [0.2, 0.25) is 5.79 Å². The summed E-state index contributed by atoms with van der Waals surface area (Å²) >= 11 is 0. The van der Waals surface area contributed by atoms with Gasteiger partial charge >= 0.3 is 23.9 Å². The van der Waals surface area contributed by atoms with Gasteiger partial charge in [0.05, 0.1) is 5.92 Å². The summed E-state index contributed by atoms with van der Waals surface area (Å²) < 4.78 is 87.9. The van der Waals surface area contributed by atoms with E-state index in [4.69, 9.17) is 9.47 Å². The second-order valence-electron chi connectivity index (χ2n) is 10.7. The molecular weight excluding hydrogens is 439 g/mol. The largest absolute Gasteiger partial charge is 0.460 e. The minimum absolute atomic E-state index is 0.164. The van der Waals surface area contributed by atoms with Crippen molar-refractivity contribution < 1.29 is 46.1 Å². The molecule has 4 bridgehead atoms. The van der Waals surface area contributed by atoms with Gasteiger partial charge in [0, 0.05) is 5.41 Å². The van der Waals surface area contributed by atoms with Crippen LogP contribution in [0.25, 0.3) is 0 Å². The van der Waals surface area contributed by atoms with E-state index >= 15 is 8.78 Å². The van der Waals surface area contributed by atoms with Crippen molar-refractivity contribution >= 4 is 5.97 Å². The molecule has 10 heteroatoms. The zero-order valence-electron chi connectivity index (χ0n) is 18.5. The van der Waals surface area contributed by atoms with Crippen LogP contribution in [-0.2, 0) is 19.0 Å². The molecule has 4 atom stereocenters. The minimum atomic E-state index is -5.79. The summed E-state index contributed by atoms with van der Waals surface area (Å²) in [5, 5.41) is 10.3. The first-order valence-electron chi connectivity index (χ1n) is 11.4. The van der Waals surface area contributed by atoms with Crippen LogP contribution in [0.1, 0.15) is 65.7 Å². The molecule has 5 fully saturated rings. The van der Waals surface area contributed by atoms with Crippen molar-refractivity contribution in [3.63, 3.8) is 0 Å². The van der Waals surface area contributed by atoms with Gasteiger partial charge in [-0.2, -0.15) is 22.0 Å². The van der Waals surface area contributed by atoms with Crippen LogP contribution in [0, 0.1) is 29.1 Å². The van der Waals surface area contributed by atoms with Crippen molar-refractivity contribution in [2.45, 2.75) is 95.5 Å². The molecule has 5 aliphatic rings. The van der Waals surface area contributed by atoms with Crippen LogP contribution >= 0.6 is 0 Å². The van der Waals surface area contributed by atoms with Crippen molar-refractivity contribution in [2.24, 2.45) is 29.1 Å². The molecule has 1 saturated heterocycles. The van der Waals surface area contributed by atoms with Gasteiger partial charge in [0.15, 0.2) is 0 Å². The lowest BCUT2D eigenvalue weighted by Crippen LogP contribution is -2.77. The summed E-state index contributed by atoms with van der Waals surface area (Å²) in [4.78, 5) is 12.1. The van der Waals surface area contributed by atoms with Gasteiger partial charge in [0.25, 0.3) is 0 Å². The van der Waals surface area contributed by atoms with Crippen LogP contribution in [0.2, 0.25) is 0 Å². The Balaban J connectivity index is 1.69. The summed E-state index contributed by atoms with van der Waals surface area (Å²) in [6.07, 6.45) is -3.91. The number of carbonyl (C=O) groups is 1. The number of hydrogen-bond acceptors (Lipinski definition) is 5. The van der Waals surface area contributed by atoms with Gasteiger partial charge in [-0.05, 0) is 69.6 Å². The van der Waals surface area contributed by atoms with E-state index in [0.717, 1.165) is 26.2 Å². The average molecular weight is 470 g/mol. The van der Waals surface area contributed by atoms with E-state index in [9.17, 15) is 23.1 Å². The van der Waals surface area contributed by atoms with Crippen LogP contribution in [0.5, 0.6) is 0 Å². The Kier molecular flexibility index (Phi) is 5.66. The Labute approximate surface area is 184 Å². The molecule has 0 aromatic heterocycles. The zero-order valence-corrected chi connectivity index (χ0v) is 18.5. The maximum atomic E-state index is 15.5. The topological polar surface area (TPSA) is 65.0 Å². The second kappa shape index (κ2) is 7.50. The fourth-order valence-electron chi connectivity index (χ4n) is 6.74. The predicted molar refractivity (Wildman–Crippen MR) is 101 cm³/mol. The van der Waals surface area contributed by atoms with Gasteiger partial charge in [-0.1, -0.05) is 13.8 Å². The lowest BCUT2D eigenvalue weighted by molar-refractivity contribution is -0.538. The number of esters is 1. The number of ether oxygens (including phenoxy) is 3. The van der Waals surface area contributed by atoms with Crippen LogP contribution < -0.4 is 0 Å². The first-order chi connectivity index (χ1) is 14.6. The molecular formula is C22H31F5O5. The van der Waals surface area contributed by atoms with Crippen LogP contribution in [0.15, 0.2) is 0 Å². The highest BCUT2D eigenvalue weighted by Crippen LogP contribution is 2.66. The van der Waals surface area contributed by atoms with E-state index in [1.54, 1.807) is 13.8 Å². The first-order valence-corrected chi connectivity index (χ1v) is 11.4. The molecule has 0 aromatic carbocycles. The maximum Gasteiger partial charge on any atom is 0.449 e. The molecule has 1 aliphatic heterocycles.